The molecule has 2 N–H and O–H groups in total. The van der Waals surface area contributed by atoms with Gasteiger partial charge in [0.25, 0.3) is 0 Å². The van der Waals surface area contributed by atoms with Gasteiger partial charge in [0.1, 0.15) is 5.69 Å². The predicted molar refractivity (Wildman–Crippen MR) is 73.7 cm³/mol. The zero-order valence-electron chi connectivity index (χ0n) is 11.1. The van der Waals surface area contributed by atoms with Crippen LogP contribution >= 0.6 is 0 Å². The van der Waals surface area contributed by atoms with E-state index in [0.29, 0.717) is 6.42 Å². The van der Waals surface area contributed by atoms with Crippen molar-refractivity contribution in [2.45, 2.75) is 19.4 Å². The molecule has 0 radical (unpaired) electrons. The third kappa shape index (κ3) is 2.95. The average Bonchev–Trinajstić information content (AvgIpc) is 2.67. The largest absolute Gasteiger partial charge is 0.360 e. The molecule has 20 heavy (non-hydrogen) atoms. The molecule has 0 spiro atoms. The molecule has 1 aliphatic rings. The lowest BCUT2D eigenvalue weighted by molar-refractivity contribution is -0.385. The molecular formula is C10H15N5O4S. The van der Waals surface area contributed by atoms with Crippen molar-refractivity contribution in [3.05, 3.63) is 15.8 Å². The summed E-state index contributed by atoms with van der Waals surface area (Å²) in [7, 11) is -1.46. The summed E-state index contributed by atoms with van der Waals surface area (Å²) in [5, 5.41) is 16.7. The van der Waals surface area contributed by atoms with E-state index in [2.05, 4.69) is 20.6 Å². The zero-order valence-corrected chi connectivity index (χ0v) is 11.9. The maximum Gasteiger partial charge on any atom is 0.332 e. The summed E-state index contributed by atoms with van der Waals surface area (Å²) < 4.78 is 22.8. The van der Waals surface area contributed by atoms with E-state index in [1.807, 2.05) is 0 Å². The van der Waals surface area contributed by atoms with Crippen molar-refractivity contribution in [2.24, 2.45) is 0 Å². The van der Waals surface area contributed by atoms with Crippen LogP contribution in [0.3, 0.4) is 0 Å². The summed E-state index contributed by atoms with van der Waals surface area (Å²) in [5.74, 6) is 0.342. The molecule has 1 aromatic heterocycles. The Morgan fingerprint density at radius 3 is 2.60 bits per heavy atom. The number of aryl methyl sites for hydroxylation is 1. The third-order valence-corrected chi connectivity index (χ3v) is 4.81. The number of aromatic nitrogens is 2. The number of rotatable bonds is 4. The fourth-order valence-corrected chi connectivity index (χ4v) is 3.77. The number of sulfone groups is 1. The van der Waals surface area contributed by atoms with Gasteiger partial charge in [0.15, 0.2) is 9.84 Å². The molecule has 1 aliphatic heterocycles. The van der Waals surface area contributed by atoms with Gasteiger partial charge in [-0.25, -0.2) is 13.4 Å². The van der Waals surface area contributed by atoms with Gasteiger partial charge in [-0.15, -0.1) is 0 Å². The fourth-order valence-electron chi connectivity index (χ4n) is 2.10. The third-order valence-electron chi connectivity index (χ3n) is 3.04. The van der Waals surface area contributed by atoms with E-state index >= 15 is 0 Å². The molecule has 1 aromatic rings. The molecule has 2 rings (SSSR count). The maximum absolute atomic E-state index is 11.4. The Bertz CT molecular complexity index is 645. The molecule has 0 bridgehead atoms. The van der Waals surface area contributed by atoms with Gasteiger partial charge >= 0.3 is 5.69 Å². The Morgan fingerprint density at radius 1 is 1.40 bits per heavy atom. The normalized spacial score (nSPS) is 20.6. The summed E-state index contributed by atoms with van der Waals surface area (Å²) in [6, 6.07) is -0.363. The van der Waals surface area contributed by atoms with Crippen LogP contribution in [0.1, 0.15) is 12.1 Å². The smallest absolute Gasteiger partial charge is 0.332 e. The minimum atomic E-state index is -3.07. The lowest BCUT2D eigenvalue weighted by atomic mass is 10.2. The first-order chi connectivity index (χ1) is 9.32. The number of nitro groups is 1. The van der Waals surface area contributed by atoms with E-state index in [4.69, 9.17) is 0 Å². The van der Waals surface area contributed by atoms with Crippen molar-refractivity contribution < 1.29 is 13.3 Å². The highest BCUT2D eigenvalue weighted by Gasteiger charge is 2.31. The van der Waals surface area contributed by atoms with E-state index < -0.39 is 14.8 Å². The number of nitrogens with one attached hydrogen (secondary N) is 2. The van der Waals surface area contributed by atoms with Crippen molar-refractivity contribution in [1.29, 1.82) is 0 Å². The Morgan fingerprint density at radius 2 is 2.10 bits per heavy atom. The number of hydrogen-bond donors (Lipinski definition) is 2. The van der Waals surface area contributed by atoms with Gasteiger partial charge in [0, 0.05) is 13.1 Å². The van der Waals surface area contributed by atoms with E-state index in [0.717, 1.165) is 0 Å². The SMILES string of the molecule is CNc1nc(C)c([N+](=O)[O-])c(NC2CCS(=O)(=O)C2)n1. The second-order valence-electron chi connectivity index (χ2n) is 4.58. The van der Waals surface area contributed by atoms with Crippen LogP contribution in [0.15, 0.2) is 0 Å². The van der Waals surface area contributed by atoms with E-state index in [9.17, 15) is 18.5 Å². The molecule has 0 amide bonds. The molecule has 1 unspecified atom stereocenters. The van der Waals surface area contributed by atoms with Crippen LogP contribution in [0.25, 0.3) is 0 Å². The Hall–Kier alpha value is -1.97. The Labute approximate surface area is 115 Å². The molecular weight excluding hydrogens is 286 g/mol. The first-order valence-electron chi connectivity index (χ1n) is 6.00. The quantitative estimate of drug-likeness (QED) is 0.601. The highest BCUT2D eigenvalue weighted by atomic mass is 32.2. The monoisotopic (exact) mass is 301 g/mol. The molecule has 9 nitrogen and oxygen atoms in total. The standard InChI is InChI=1S/C10H15N5O4S/c1-6-8(15(16)17)9(14-10(11-2)12-6)13-7-3-4-20(18,19)5-7/h7H,3-5H2,1-2H3,(H2,11,12,13,14). The molecule has 2 heterocycles. The summed E-state index contributed by atoms with van der Waals surface area (Å²) in [4.78, 5) is 18.5. The van der Waals surface area contributed by atoms with Gasteiger partial charge in [-0.1, -0.05) is 0 Å². The van der Waals surface area contributed by atoms with E-state index in [1.165, 1.54) is 6.92 Å². The summed E-state index contributed by atoms with van der Waals surface area (Å²) in [6.07, 6.45) is 0.414. The highest BCUT2D eigenvalue weighted by Crippen LogP contribution is 2.28. The van der Waals surface area contributed by atoms with Crippen LogP contribution in [-0.2, 0) is 9.84 Å². The summed E-state index contributed by atoms with van der Waals surface area (Å²) >= 11 is 0. The number of hydrogen-bond acceptors (Lipinski definition) is 8. The van der Waals surface area contributed by atoms with Crippen molar-refractivity contribution in [3.8, 4) is 0 Å². The molecule has 1 fully saturated rings. The van der Waals surface area contributed by atoms with E-state index in [1.54, 1.807) is 7.05 Å². The minimum absolute atomic E-state index is 0.0396. The van der Waals surface area contributed by atoms with E-state index in [-0.39, 0.29) is 40.7 Å². The van der Waals surface area contributed by atoms with Crippen LogP contribution < -0.4 is 10.6 Å². The van der Waals surface area contributed by atoms with Gasteiger partial charge in [-0.05, 0) is 13.3 Å². The first-order valence-corrected chi connectivity index (χ1v) is 7.82. The van der Waals surface area contributed by atoms with Gasteiger partial charge in [-0.3, -0.25) is 10.1 Å². The molecule has 1 saturated heterocycles. The molecule has 110 valence electrons. The maximum atomic E-state index is 11.4. The van der Waals surface area contributed by atoms with Gasteiger partial charge in [0.05, 0.1) is 16.4 Å². The second kappa shape index (κ2) is 5.19. The molecule has 1 atom stereocenters. The molecule has 10 heteroatoms. The summed E-state index contributed by atoms with van der Waals surface area (Å²) in [6.45, 7) is 1.51. The lowest BCUT2D eigenvalue weighted by Crippen LogP contribution is -2.22. The topological polar surface area (TPSA) is 127 Å². The van der Waals surface area contributed by atoms with Crippen LogP contribution in [0.2, 0.25) is 0 Å². The predicted octanol–water partition coefficient (Wildman–Crippen LogP) is 0.334. The van der Waals surface area contributed by atoms with Crippen LogP contribution in [0, 0.1) is 17.0 Å². The highest BCUT2D eigenvalue weighted by molar-refractivity contribution is 7.91. The van der Waals surface area contributed by atoms with Crippen LogP contribution in [-0.4, -0.2) is 47.9 Å². The zero-order chi connectivity index (χ0) is 14.9. The Kier molecular flexibility index (Phi) is 3.75. The Balaban J connectivity index is 2.34. The van der Waals surface area contributed by atoms with Crippen molar-refractivity contribution in [3.63, 3.8) is 0 Å². The second-order valence-corrected chi connectivity index (χ2v) is 6.81. The van der Waals surface area contributed by atoms with Gasteiger partial charge < -0.3 is 10.6 Å². The number of anilines is 2. The van der Waals surface area contributed by atoms with Gasteiger partial charge in [0.2, 0.25) is 11.8 Å². The molecule has 0 aromatic carbocycles. The number of nitrogens with zero attached hydrogens (tertiary/aromatic N) is 3. The van der Waals surface area contributed by atoms with Crippen LogP contribution in [0.4, 0.5) is 17.5 Å². The fraction of sp³-hybridized carbons (Fsp3) is 0.600. The molecule has 0 aliphatic carbocycles. The van der Waals surface area contributed by atoms with Crippen molar-refractivity contribution in [1.82, 2.24) is 9.97 Å². The molecule has 0 saturated carbocycles. The summed E-state index contributed by atoms with van der Waals surface area (Å²) in [5.41, 5.74) is -0.00833. The minimum Gasteiger partial charge on any atom is -0.360 e. The average molecular weight is 301 g/mol. The van der Waals surface area contributed by atoms with Crippen molar-refractivity contribution in [2.75, 3.05) is 29.2 Å². The lowest BCUT2D eigenvalue weighted by Gasteiger charge is -2.13. The van der Waals surface area contributed by atoms with Crippen LogP contribution in [0.5, 0.6) is 0 Å². The first kappa shape index (κ1) is 14.4. The van der Waals surface area contributed by atoms with Crippen molar-refractivity contribution >= 4 is 27.3 Å². The van der Waals surface area contributed by atoms with Gasteiger partial charge in [-0.2, -0.15) is 4.98 Å².